The van der Waals surface area contributed by atoms with Crippen LogP contribution in [0.1, 0.15) is 22.8 Å². The van der Waals surface area contributed by atoms with Crippen molar-refractivity contribution in [2.75, 3.05) is 28.1 Å². The number of hydrogen-bond donors (Lipinski definition) is 1. The van der Waals surface area contributed by atoms with Crippen molar-refractivity contribution >= 4 is 11.9 Å². The molecule has 1 aliphatic heterocycles. The zero-order valence-electron chi connectivity index (χ0n) is 17.1. The third-order valence-electron chi connectivity index (χ3n) is 4.48. The normalized spacial score (nSPS) is 12.7. The van der Waals surface area contributed by atoms with Gasteiger partial charge in [0.2, 0.25) is 12.5 Å². The maximum Gasteiger partial charge on any atom is 0.342 e. The number of nitrogens with one attached hydrogen (secondary N) is 1. The molecule has 30 heavy (non-hydrogen) atoms. The number of amides is 1. The Balaban J connectivity index is 1.63. The van der Waals surface area contributed by atoms with Crippen LogP contribution in [0.5, 0.6) is 28.7 Å². The highest BCUT2D eigenvalue weighted by Crippen LogP contribution is 2.40. The summed E-state index contributed by atoms with van der Waals surface area (Å²) in [4.78, 5) is 25.0. The number of ether oxygens (including phenoxy) is 6. The first kappa shape index (κ1) is 21.1. The van der Waals surface area contributed by atoms with E-state index < -0.39 is 18.0 Å². The number of hydrogen-bond acceptors (Lipinski definition) is 8. The van der Waals surface area contributed by atoms with Gasteiger partial charge in [0.05, 0.1) is 21.3 Å². The van der Waals surface area contributed by atoms with Gasteiger partial charge in [0.15, 0.2) is 29.1 Å². The van der Waals surface area contributed by atoms with Crippen LogP contribution in [0.3, 0.4) is 0 Å². The summed E-state index contributed by atoms with van der Waals surface area (Å²) in [5.74, 6) is 0.946. The van der Waals surface area contributed by atoms with Gasteiger partial charge in [-0.3, -0.25) is 4.79 Å². The van der Waals surface area contributed by atoms with Gasteiger partial charge in [-0.25, -0.2) is 4.79 Å². The molecule has 0 aliphatic carbocycles. The number of rotatable bonds is 8. The first-order chi connectivity index (χ1) is 14.5. The lowest BCUT2D eigenvalue weighted by Crippen LogP contribution is -2.35. The summed E-state index contributed by atoms with van der Waals surface area (Å²) in [5, 5.41) is 2.73. The summed E-state index contributed by atoms with van der Waals surface area (Å²) < 4.78 is 31.6. The van der Waals surface area contributed by atoms with Gasteiger partial charge in [-0.2, -0.15) is 0 Å². The Morgan fingerprint density at radius 1 is 1.00 bits per heavy atom. The van der Waals surface area contributed by atoms with Gasteiger partial charge in [-0.05, 0) is 36.8 Å². The third kappa shape index (κ3) is 4.35. The van der Waals surface area contributed by atoms with Crippen LogP contribution in [0.15, 0.2) is 30.3 Å². The number of carbonyl (C=O) groups excluding carboxylic acids is 2. The van der Waals surface area contributed by atoms with Crippen molar-refractivity contribution in [3.63, 3.8) is 0 Å². The Labute approximate surface area is 173 Å². The molecule has 9 nitrogen and oxygen atoms in total. The molecule has 9 heteroatoms. The van der Waals surface area contributed by atoms with Crippen molar-refractivity contribution in [2.45, 2.75) is 19.6 Å². The summed E-state index contributed by atoms with van der Waals surface area (Å²) in [5.41, 5.74) is 0.943. The second-order valence-electron chi connectivity index (χ2n) is 6.33. The van der Waals surface area contributed by atoms with Gasteiger partial charge in [0.25, 0.3) is 5.91 Å². The predicted molar refractivity (Wildman–Crippen MR) is 105 cm³/mol. The van der Waals surface area contributed by atoms with Crippen LogP contribution in [0.2, 0.25) is 0 Å². The minimum absolute atomic E-state index is 0.116. The van der Waals surface area contributed by atoms with E-state index in [1.54, 1.807) is 18.2 Å². The average molecular weight is 417 g/mol. The standard InChI is InChI=1S/C21H23NO8/c1-12(20(23)22-10-13-5-7-15-17(9-13)29-11-28-15)30-21(24)14-6-8-16(25-2)19(27-4)18(14)26-3/h5-9,12H,10-11H2,1-4H3,(H,22,23)/t12-/m1/s1. The predicted octanol–water partition coefficient (Wildman–Crippen LogP) is 2.30. The molecule has 0 fully saturated rings. The molecular formula is C21H23NO8. The molecule has 0 bridgehead atoms. The summed E-state index contributed by atoms with van der Waals surface area (Å²) in [6, 6.07) is 8.42. The monoisotopic (exact) mass is 417 g/mol. The van der Waals surface area contributed by atoms with Gasteiger partial charge in [-0.15, -0.1) is 0 Å². The third-order valence-corrected chi connectivity index (χ3v) is 4.48. The van der Waals surface area contributed by atoms with Gasteiger partial charge in [0, 0.05) is 6.54 Å². The van der Waals surface area contributed by atoms with Crippen molar-refractivity contribution in [3.8, 4) is 28.7 Å². The zero-order chi connectivity index (χ0) is 21.7. The average Bonchev–Trinajstić information content (AvgIpc) is 3.23. The fraction of sp³-hybridized carbons (Fsp3) is 0.333. The van der Waals surface area contributed by atoms with Crippen molar-refractivity contribution in [3.05, 3.63) is 41.5 Å². The van der Waals surface area contributed by atoms with E-state index in [1.165, 1.54) is 34.3 Å². The quantitative estimate of drug-likeness (QED) is 0.653. The summed E-state index contributed by atoms with van der Waals surface area (Å²) >= 11 is 0. The van der Waals surface area contributed by atoms with Crippen LogP contribution < -0.4 is 29.0 Å². The Bertz CT molecular complexity index is 943. The molecule has 2 aromatic carbocycles. The molecule has 0 aromatic heterocycles. The zero-order valence-corrected chi connectivity index (χ0v) is 17.1. The maximum atomic E-state index is 12.6. The van der Waals surface area contributed by atoms with Gasteiger partial charge < -0.3 is 33.7 Å². The molecule has 1 atom stereocenters. The number of methoxy groups -OCH3 is 3. The highest BCUT2D eigenvalue weighted by Gasteiger charge is 2.25. The number of benzene rings is 2. The molecule has 0 unspecified atom stereocenters. The minimum atomic E-state index is -1.02. The van der Waals surface area contributed by atoms with E-state index in [0.29, 0.717) is 17.2 Å². The lowest BCUT2D eigenvalue weighted by Gasteiger charge is -2.17. The van der Waals surface area contributed by atoms with Crippen LogP contribution in [0.25, 0.3) is 0 Å². The molecule has 1 N–H and O–H groups in total. The molecule has 1 aliphatic rings. The first-order valence-electron chi connectivity index (χ1n) is 9.14. The highest BCUT2D eigenvalue weighted by molar-refractivity contribution is 5.96. The molecule has 160 valence electrons. The number of carbonyl (C=O) groups is 2. The van der Waals surface area contributed by atoms with E-state index in [1.807, 2.05) is 6.07 Å². The molecule has 2 aromatic rings. The number of fused-ring (bicyclic) bond motifs is 1. The van der Waals surface area contributed by atoms with E-state index in [4.69, 9.17) is 28.4 Å². The second kappa shape index (κ2) is 9.25. The van der Waals surface area contributed by atoms with E-state index >= 15 is 0 Å². The van der Waals surface area contributed by atoms with Gasteiger partial charge in [0.1, 0.15) is 5.56 Å². The Kier molecular flexibility index (Phi) is 6.51. The first-order valence-corrected chi connectivity index (χ1v) is 9.14. The summed E-state index contributed by atoms with van der Waals surface area (Å²) in [7, 11) is 4.30. The molecule has 0 spiro atoms. The van der Waals surface area contributed by atoms with Gasteiger partial charge in [-0.1, -0.05) is 6.07 Å². The second-order valence-corrected chi connectivity index (χ2v) is 6.33. The highest BCUT2D eigenvalue weighted by atomic mass is 16.7. The smallest absolute Gasteiger partial charge is 0.342 e. The maximum absolute atomic E-state index is 12.6. The van der Waals surface area contributed by atoms with E-state index in [0.717, 1.165) is 5.56 Å². The van der Waals surface area contributed by atoms with E-state index in [2.05, 4.69) is 5.32 Å². The van der Waals surface area contributed by atoms with E-state index in [-0.39, 0.29) is 30.4 Å². The van der Waals surface area contributed by atoms with Crippen molar-refractivity contribution in [1.82, 2.24) is 5.32 Å². The summed E-state index contributed by atoms with van der Waals surface area (Å²) in [6.45, 7) is 1.91. The largest absolute Gasteiger partial charge is 0.493 e. The van der Waals surface area contributed by atoms with Crippen LogP contribution in [0.4, 0.5) is 0 Å². The van der Waals surface area contributed by atoms with Crippen LogP contribution in [-0.2, 0) is 16.1 Å². The molecule has 3 rings (SSSR count). The fourth-order valence-corrected chi connectivity index (χ4v) is 2.92. The molecule has 1 amide bonds. The van der Waals surface area contributed by atoms with Crippen LogP contribution in [0, 0.1) is 0 Å². The van der Waals surface area contributed by atoms with Crippen LogP contribution in [-0.4, -0.2) is 46.1 Å². The molecule has 0 saturated heterocycles. The molecule has 1 heterocycles. The minimum Gasteiger partial charge on any atom is -0.493 e. The molecular weight excluding hydrogens is 394 g/mol. The number of esters is 1. The van der Waals surface area contributed by atoms with E-state index in [9.17, 15) is 9.59 Å². The SMILES string of the molecule is COc1ccc(C(=O)O[C@H](C)C(=O)NCc2ccc3c(c2)OCO3)c(OC)c1OC. The fourth-order valence-electron chi connectivity index (χ4n) is 2.92. The van der Waals surface area contributed by atoms with Crippen LogP contribution >= 0.6 is 0 Å². The topological polar surface area (TPSA) is 102 Å². The van der Waals surface area contributed by atoms with Gasteiger partial charge >= 0.3 is 5.97 Å². The Morgan fingerprint density at radius 2 is 1.73 bits per heavy atom. The summed E-state index contributed by atoms with van der Waals surface area (Å²) in [6.07, 6.45) is -1.02. The van der Waals surface area contributed by atoms with Crippen molar-refractivity contribution in [1.29, 1.82) is 0 Å². The van der Waals surface area contributed by atoms with Crippen molar-refractivity contribution in [2.24, 2.45) is 0 Å². The Hall–Kier alpha value is -3.62. The molecule has 0 saturated carbocycles. The van der Waals surface area contributed by atoms with Crippen molar-refractivity contribution < 1.29 is 38.0 Å². The Morgan fingerprint density at radius 3 is 2.43 bits per heavy atom. The lowest BCUT2D eigenvalue weighted by atomic mass is 10.1. The molecule has 0 radical (unpaired) electrons. The lowest BCUT2D eigenvalue weighted by molar-refractivity contribution is -0.129.